The van der Waals surface area contributed by atoms with E-state index < -0.39 is 0 Å². The Labute approximate surface area is 138 Å². The lowest BCUT2D eigenvalue weighted by molar-refractivity contribution is 0.0708. The fraction of sp³-hybridized carbons (Fsp3) is 0.375. The highest BCUT2D eigenvalue weighted by molar-refractivity contribution is 9.10. The summed E-state index contributed by atoms with van der Waals surface area (Å²) in [5.41, 5.74) is 2.49. The predicted molar refractivity (Wildman–Crippen MR) is 89.4 cm³/mol. The number of hydrogen-bond donors (Lipinski definition) is 1. The summed E-state index contributed by atoms with van der Waals surface area (Å²) < 4.78 is 2.80. The normalized spacial score (nSPS) is 18.5. The Balaban J connectivity index is 1.88. The molecule has 1 saturated heterocycles. The summed E-state index contributed by atoms with van der Waals surface area (Å²) >= 11 is 3.47. The van der Waals surface area contributed by atoms with Crippen molar-refractivity contribution >= 4 is 21.8 Å². The number of aromatic nitrogens is 2. The maximum absolute atomic E-state index is 12.7. The van der Waals surface area contributed by atoms with E-state index in [9.17, 15) is 4.79 Å². The average molecular weight is 363 g/mol. The number of amides is 1. The second-order valence-corrected chi connectivity index (χ2v) is 6.56. The van der Waals surface area contributed by atoms with Crippen LogP contribution in [0.3, 0.4) is 0 Å². The SMILES string of the molecule is Cc1c(C(=O)N2CCN[C@H](C)C2)cnn1-c1cccc(Br)c1. The zero-order valence-electron chi connectivity index (χ0n) is 12.7. The molecule has 3 rings (SSSR count). The van der Waals surface area contributed by atoms with E-state index in [1.165, 1.54) is 0 Å². The second-order valence-electron chi connectivity index (χ2n) is 5.64. The van der Waals surface area contributed by atoms with Crippen molar-refractivity contribution in [3.8, 4) is 5.69 Å². The molecule has 22 heavy (non-hydrogen) atoms. The van der Waals surface area contributed by atoms with Gasteiger partial charge in [-0.25, -0.2) is 4.68 Å². The summed E-state index contributed by atoms with van der Waals surface area (Å²) in [7, 11) is 0. The molecule has 1 atom stereocenters. The van der Waals surface area contributed by atoms with Crippen LogP contribution in [0.5, 0.6) is 0 Å². The Hall–Kier alpha value is -1.66. The number of carbonyl (C=O) groups is 1. The minimum atomic E-state index is 0.0621. The number of halogens is 1. The lowest BCUT2D eigenvalue weighted by Gasteiger charge is -2.31. The molecule has 1 aliphatic rings. The van der Waals surface area contributed by atoms with Gasteiger partial charge in [0.2, 0.25) is 0 Å². The fourth-order valence-corrected chi connectivity index (χ4v) is 3.16. The summed E-state index contributed by atoms with van der Waals surface area (Å²) in [6.45, 7) is 6.35. The summed E-state index contributed by atoms with van der Waals surface area (Å²) in [6.07, 6.45) is 1.67. The molecular formula is C16H19BrN4O. The van der Waals surface area contributed by atoms with Gasteiger partial charge in [0.05, 0.1) is 23.1 Å². The Morgan fingerprint density at radius 3 is 3.00 bits per heavy atom. The molecule has 2 heterocycles. The molecule has 0 spiro atoms. The highest BCUT2D eigenvalue weighted by Gasteiger charge is 2.24. The monoisotopic (exact) mass is 362 g/mol. The summed E-state index contributed by atoms with van der Waals surface area (Å²) in [5.74, 6) is 0.0621. The summed E-state index contributed by atoms with van der Waals surface area (Å²) in [5, 5.41) is 7.74. The van der Waals surface area contributed by atoms with Crippen molar-refractivity contribution in [2.75, 3.05) is 19.6 Å². The summed E-state index contributed by atoms with van der Waals surface area (Å²) in [6, 6.07) is 8.22. The quantitative estimate of drug-likeness (QED) is 0.892. The molecule has 0 aliphatic carbocycles. The number of rotatable bonds is 2. The molecule has 2 aromatic rings. The van der Waals surface area contributed by atoms with Crippen LogP contribution in [0.1, 0.15) is 23.0 Å². The van der Waals surface area contributed by atoms with Crippen LogP contribution in [0.15, 0.2) is 34.9 Å². The van der Waals surface area contributed by atoms with Crippen LogP contribution in [0.4, 0.5) is 0 Å². The topological polar surface area (TPSA) is 50.2 Å². The number of nitrogens with zero attached hydrogens (tertiary/aromatic N) is 3. The largest absolute Gasteiger partial charge is 0.336 e. The van der Waals surface area contributed by atoms with E-state index in [-0.39, 0.29) is 5.91 Å². The van der Waals surface area contributed by atoms with Crippen molar-refractivity contribution < 1.29 is 4.79 Å². The van der Waals surface area contributed by atoms with E-state index in [2.05, 4.69) is 33.3 Å². The lowest BCUT2D eigenvalue weighted by Crippen LogP contribution is -2.51. The fourth-order valence-electron chi connectivity index (χ4n) is 2.77. The standard InChI is InChI=1S/C16H19BrN4O/c1-11-10-20(7-6-18-11)16(22)15-9-19-21(12(15)2)14-5-3-4-13(17)8-14/h3-5,8-9,11,18H,6-7,10H2,1-2H3/t11-/m1/s1. The molecule has 0 unspecified atom stereocenters. The van der Waals surface area contributed by atoms with Crippen molar-refractivity contribution in [2.24, 2.45) is 0 Å². The first-order valence-corrected chi connectivity index (χ1v) is 8.19. The molecule has 1 amide bonds. The predicted octanol–water partition coefficient (Wildman–Crippen LogP) is 2.38. The van der Waals surface area contributed by atoms with Crippen LogP contribution in [0.2, 0.25) is 0 Å². The molecule has 1 aromatic carbocycles. The minimum Gasteiger partial charge on any atom is -0.336 e. The molecule has 1 aliphatic heterocycles. The van der Waals surface area contributed by atoms with Gasteiger partial charge in [-0.3, -0.25) is 4.79 Å². The Morgan fingerprint density at radius 1 is 1.45 bits per heavy atom. The Bertz CT molecular complexity index is 697. The highest BCUT2D eigenvalue weighted by atomic mass is 79.9. The van der Waals surface area contributed by atoms with E-state index in [0.29, 0.717) is 11.6 Å². The van der Waals surface area contributed by atoms with E-state index in [4.69, 9.17) is 0 Å². The maximum Gasteiger partial charge on any atom is 0.257 e. The number of carbonyl (C=O) groups excluding carboxylic acids is 1. The third kappa shape index (κ3) is 2.94. The lowest BCUT2D eigenvalue weighted by atomic mass is 10.1. The van der Waals surface area contributed by atoms with Gasteiger partial charge in [0.15, 0.2) is 0 Å². The maximum atomic E-state index is 12.7. The smallest absolute Gasteiger partial charge is 0.257 e. The Kier molecular flexibility index (Phi) is 4.31. The van der Waals surface area contributed by atoms with E-state index in [1.807, 2.05) is 40.8 Å². The molecule has 0 saturated carbocycles. The second kappa shape index (κ2) is 6.22. The first-order chi connectivity index (χ1) is 10.6. The van der Waals surface area contributed by atoms with E-state index in [1.54, 1.807) is 6.20 Å². The van der Waals surface area contributed by atoms with Gasteiger partial charge in [-0.2, -0.15) is 5.10 Å². The number of benzene rings is 1. The summed E-state index contributed by atoms with van der Waals surface area (Å²) in [4.78, 5) is 14.6. The van der Waals surface area contributed by atoms with E-state index in [0.717, 1.165) is 35.5 Å². The Morgan fingerprint density at radius 2 is 2.27 bits per heavy atom. The molecule has 116 valence electrons. The van der Waals surface area contributed by atoms with Gasteiger partial charge in [-0.1, -0.05) is 22.0 Å². The average Bonchev–Trinajstić information content (AvgIpc) is 2.88. The number of nitrogens with one attached hydrogen (secondary N) is 1. The van der Waals surface area contributed by atoms with Gasteiger partial charge in [0.1, 0.15) is 0 Å². The molecule has 1 fully saturated rings. The van der Waals surface area contributed by atoms with Gasteiger partial charge in [0, 0.05) is 30.1 Å². The molecule has 5 nitrogen and oxygen atoms in total. The van der Waals surface area contributed by atoms with Gasteiger partial charge in [-0.05, 0) is 32.0 Å². The number of hydrogen-bond acceptors (Lipinski definition) is 3. The van der Waals surface area contributed by atoms with Crippen LogP contribution in [-0.2, 0) is 0 Å². The van der Waals surface area contributed by atoms with Crippen LogP contribution in [0.25, 0.3) is 5.69 Å². The van der Waals surface area contributed by atoms with Crippen molar-refractivity contribution in [2.45, 2.75) is 19.9 Å². The third-order valence-electron chi connectivity index (χ3n) is 3.95. The van der Waals surface area contributed by atoms with Gasteiger partial charge < -0.3 is 10.2 Å². The first kappa shape index (κ1) is 15.2. The molecule has 0 bridgehead atoms. The minimum absolute atomic E-state index is 0.0621. The molecule has 6 heteroatoms. The van der Waals surface area contributed by atoms with Crippen molar-refractivity contribution in [1.82, 2.24) is 20.0 Å². The van der Waals surface area contributed by atoms with Gasteiger partial charge >= 0.3 is 0 Å². The van der Waals surface area contributed by atoms with Crippen LogP contribution in [0, 0.1) is 6.92 Å². The van der Waals surface area contributed by atoms with E-state index >= 15 is 0 Å². The molecule has 0 radical (unpaired) electrons. The van der Waals surface area contributed by atoms with Crippen molar-refractivity contribution in [3.05, 3.63) is 46.2 Å². The molecule has 1 aromatic heterocycles. The van der Waals surface area contributed by atoms with Crippen LogP contribution >= 0.6 is 15.9 Å². The van der Waals surface area contributed by atoms with Crippen LogP contribution < -0.4 is 5.32 Å². The zero-order valence-corrected chi connectivity index (χ0v) is 14.3. The highest BCUT2D eigenvalue weighted by Crippen LogP contribution is 2.19. The van der Waals surface area contributed by atoms with Gasteiger partial charge in [-0.15, -0.1) is 0 Å². The number of piperazine rings is 1. The van der Waals surface area contributed by atoms with Crippen molar-refractivity contribution in [3.63, 3.8) is 0 Å². The molecule has 1 N–H and O–H groups in total. The molecular weight excluding hydrogens is 344 g/mol. The third-order valence-corrected chi connectivity index (χ3v) is 4.44. The first-order valence-electron chi connectivity index (χ1n) is 7.39. The van der Waals surface area contributed by atoms with Crippen LogP contribution in [-0.4, -0.2) is 46.3 Å². The van der Waals surface area contributed by atoms with Gasteiger partial charge in [0.25, 0.3) is 5.91 Å². The van der Waals surface area contributed by atoms with Crippen molar-refractivity contribution in [1.29, 1.82) is 0 Å². The zero-order chi connectivity index (χ0) is 15.7.